The molecule has 20 heavy (non-hydrogen) atoms. The van der Waals surface area contributed by atoms with E-state index in [2.05, 4.69) is 15.0 Å². The number of hydrogen-bond acceptors (Lipinski definition) is 6. The summed E-state index contributed by atoms with van der Waals surface area (Å²) in [5.74, 6) is 0.974. The predicted molar refractivity (Wildman–Crippen MR) is 79.2 cm³/mol. The van der Waals surface area contributed by atoms with E-state index in [-0.39, 0.29) is 6.04 Å². The van der Waals surface area contributed by atoms with Crippen molar-refractivity contribution in [1.82, 2.24) is 19.5 Å². The van der Waals surface area contributed by atoms with Gasteiger partial charge < -0.3 is 10.5 Å². The Hall–Kier alpha value is -2.15. The van der Waals surface area contributed by atoms with Crippen LogP contribution < -0.4 is 10.5 Å². The monoisotopic (exact) mass is 289 g/mol. The predicted octanol–water partition coefficient (Wildman–Crippen LogP) is 2.40. The molecule has 0 aliphatic rings. The van der Waals surface area contributed by atoms with Gasteiger partial charge >= 0.3 is 0 Å². The van der Waals surface area contributed by atoms with Gasteiger partial charge in [0.05, 0.1) is 13.2 Å². The maximum Gasteiger partial charge on any atom is 0.215 e. The molecule has 3 aromatic heterocycles. The van der Waals surface area contributed by atoms with Crippen LogP contribution in [0.1, 0.15) is 22.9 Å². The number of nitrogen functional groups attached to an aromatic ring is 1. The normalized spacial score (nSPS) is 12.8. The Labute approximate surface area is 120 Å². The fourth-order valence-electron chi connectivity index (χ4n) is 2.15. The van der Waals surface area contributed by atoms with Crippen molar-refractivity contribution in [3.8, 4) is 5.88 Å². The summed E-state index contributed by atoms with van der Waals surface area (Å²) in [6, 6.07) is 3.61. The number of thiazole rings is 1. The molecule has 0 aliphatic carbocycles. The van der Waals surface area contributed by atoms with Gasteiger partial charge in [-0.2, -0.15) is 4.98 Å². The highest BCUT2D eigenvalue weighted by Crippen LogP contribution is 2.29. The molecule has 0 radical (unpaired) electrons. The van der Waals surface area contributed by atoms with Crippen molar-refractivity contribution < 1.29 is 4.74 Å². The molecule has 6 nitrogen and oxygen atoms in total. The molecule has 0 spiro atoms. The average Bonchev–Trinajstić information content (AvgIpc) is 3.00. The minimum atomic E-state index is -0.0155. The standard InChI is InChI=1S/C13H15N5OS/c1-7-6-15-12(20-7)8(2)18-11-9(16-13(18)14)4-5-10(17-11)19-3/h4-6,8H,1-3H3,(H2,14,16). The second-order valence-electron chi connectivity index (χ2n) is 4.52. The molecule has 3 aromatic rings. The van der Waals surface area contributed by atoms with Gasteiger partial charge in [-0.05, 0) is 19.9 Å². The smallest absolute Gasteiger partial charge is 0.215 e. The van der Waals surface area contributed by atoms with E-state index in [9.17, 15) is 0 Å². The molecule has 1 unspecified atom stereocenters. The highest BCUT2D eigenvalue weighted by molar-refractivity contribution is 7.11. The number of pyridine rings is 1. The minimum absolute atomic E-state index is 0.0155. The maximum atomic E-state index is 6.04. The van der Waals surface area contributed by atoms with E-state index in [0.29, 0.717) is 17.5 Å². The molecule has 3 heterocycles. The van der Waals surface area contributed by atoms with Crippen LogP contribution in [0.4, 0.5) is 5.95 Å². The Morgan fingerprint density at radius 2 is 2.15 bits per heavy atom. The van der Waals surface area contributed by atoms with Gasteiger partial charge in [0, 0.05) is 17.1 Å². The second kappa shape index (κ2) is 4.75. The summed E-state index contributed by atoms with van der Waals surface area (Å²) in [6.45, 7) is 4.07. The van der Waals surface area contributed by atoms with Crippen LogP contribution in [0.15, 0.2) is 18.3 Å². The van der Waals surface area contributed by atoms with Gasteiger partial charge in [-0.1, -0.05) is 0 Å². The first-order chi connectivity index (χ1) is 9.60. The number of fused-ring (bicyclic) bond motifs is 1. The molecule has 0 aromatic carbocycles. The zero-order valence-corrected chi connectivity index (χ0v) is 12.3. The Kier molecular flexibility index (Phi) is 3.06. The fourth-order valence-corrected chi connectivity index (χ4v) is 2.96. The van der Waals surface area contributed by atoms with Crippen LogP contribution in [-0.2, 0) is 0 Å². The first kappa shape index (κ1) is 12.9. The van der Waals surface area contributed by atoms with Crippen LogP contribution in [0, 0.1) is 6.92 Å². The van der Waals surface area contributed by atoms with Crippen molar-refractivity contribution in [2.45, 2.75) is 19.9 Å². The molecule has 0 amide bonds. The lowest BCUT2D eigenvalue weighted by atomic mass is 10.3. The van der Waals surface area contributed by atoms with Crippen LogP contribution in [0.25, 0.3) is 11.2 Å². The second-order valence-corrected chi connectivity index (χ2v) is 5.79. The molecule has 0 bridgehead atoms. The number of methoxy groups -OCH3 is 1. The van der Waals surface area contributed by atoms with E-state index in [1.807, 2.05) is 30.7 Å². The molecule has 0 saturated heterocycles. The van der Waals surface area contributed by atoms with Gasteiger partial charge in [-0.15, -0.1) is 11.3 Å². The van der Waals surface area contributed by atoms with Crippen LogP contribution in [0.2, 0.25) is 0 Å². The fraction of sp³-hybridized carbons (Fsp3) is 0.308. The molecule has 104 valence electrons. The van der Waals surface area contributed by atoms with E-state index < -0.39 is 0 Å². The Morgan fingerprint density at radius 3 is 2.80 bits per heavy atom. The summed E-state index contributed by atoms with van der Waals surface area (Å²) >= 11 is 1.65. The zero-order valence-electron chi connectivity index (χ0n) is 11.5. The molecule has 0 aliphatic heterocycles. The molecule has 0 saturated carbocycles. The molecular weight excluding hydrogens is 274 g/mol. The topological polar surface area (TPSA) is 78.9 Å². The number of nitrogens with two attached hydrogens (primary N) is 1. The summed E-state index contributed by atoms with van der Waals surface area (Å²) in [7, 11) is 1.59. The van der Waals surface area contributed by atoms with Crippen molar-refractivity contribution in [3.05, 3.63) is 28.2 Å². The summed E-state index contributed by atoms with van der Waals surface area (Å²) in [5.41, 5.74) is 7.50. The molecule has 2 N–H and O–H groups in total. The van der Waals surface area contributed by atoms with E-state index in [1.54, 1.807) is 24.5 Å². The number of rotatable bonds is 3. The molecule has 7 heteroatoms. The van der Waals surface area contributed by atoms with Crippen LogP contribution in [0.5, 0.6) is 5.88 Å². The van der Waals surface area contributed by atoms with Crippen molar-refractivity contribution in [2.24, 2.45) is 0 Å². The minimum Gasteiger partial charge on any atom is -0.481 e. The molecular formula is C13H15N5OS. The first-order valence-corrected chi connectivity index (χ1v) is 7.02. The lowest BCUT2D eigenvalue weighted by Crippen LogP contribution is -2.10. The van der Waals surface area contributed by atoms with Gasteiger partial charge in [0.15, 0.2) is 5.65 Å². The Balaban J connectivity index is 2.16. The lowest BCUT2D eigenvalue weighted by molar-refractivity contribution is 0.399. The van der Waals surface area contributed by atoms with Crippen molar-refractivity contribution >= 4 is 28.4 Å². The van der Waals surface area contributed by atoms with Crippen LogP contribution in [-0.4, -0.2) is 26.6 Å². The van der Waals surface area contributed by atoms with E-state index in [0.717, 1.165) is 10.5 Å². The maximum absolute atomic E-state index is 6.04. The number of ether oxygens (including phenoxy) is 1. The number of aromatic nitrogens is 4. The number of hydrogen-bond donors (Lipinski definition) is 1. The first-order valence-electron chi connectivity index (χ1n) is 6.21. The van der Waals surface area contributed by atoms with Crippen LogP contribution >= 0.6 is 11.3 Å². The third kappa shape index (κ3) is 2.00. The highest BCUT2D eigenvalue weighted by atomic mass is 32.1. The van der Waals surface area contributed by atoms with Crippen molar-refractivity contribution in [3.63, 3.8) is 0 Å². The Bertz CT molecular complexity index is 763. The third-order valence-electron chi connectivity index (χ3n) is 3.13. The van der Waals surface area contributed by atoms with Gasteiger partial charge in [0.2, 0.25) is 11.8 Å². The van der Waals surface area contributed by atoms with Crippen molar-refractivity contribution in [2.75, 3.05) is 12.8 Å². The summed E-state index contributed by atoms with van der Waals surface area (Å²) in [6.07, 6.45) is 1.86. The largest absolute Gasteiger partial charge is 0.481 e. The molecule has 3 rings (SSSR count). The summed E-state index contributed by atoms with van der Waals surface area (Å²) < 4.78 is 7.06. The van der Waals surface area contributed by atoms with E-state index >= 15 is 0 Å². The average molecular weight is 289 g/mol. The van der Waals surface area contributed by atoms with Gasteiger partial charge in [0.25, 0.3) is 0 Å². The van der Waals surface area contributed by atoms with Crippen molar-refractivity contribution in [1.29, 1.82) is 0 Å². The molecule has 1 atom stereocenters. The number of nitrogens with zero attached hydrogens (tertiary/aromatic N) is 4. The van der Waals surface area contributed by atoms with E-state index in [4.69, 9.17) is 10.5 Å². The zero-order chi connectivity index (χ0) is 14.3. The van der Waals surface area contributed by atoms with Crippen LogP contribution in [0.3, 0.4) is 0 Å². The molecule has 0 fully saturated rings. The highest BCUT2D eigenvalue weighted by Gasteiger charge is 2.19. The SMILES string of the molecule is COc1ccc2nc(N)n(C(C)c3ncc(C)s3)c2n1. The van der Waals surface area contributed by atoms with E-state index in [1.165, 1.54) is 4.88 Å². The number of anilines is 1. The summed E-state index contributed by atoms with van der Waals surface area (Å²) in [4.78, 5) is 14.4. The number of imidazole rings is 1. The Morgan fingerprint density at radius 1 is 1.35 bits per heavy atom. The number of aryl methyl sites for hydroxylation is 1. The van der Waals surface area contributed by atoms with Gasteiger partial charge in [-0.25, -0.2) is 9.97 Å². The van der Waals surface area contributed by atoms with Gasteiger partial charge in [0.1, 0.15) is 10.5 Å². The summed E-state index contributed by atoms with van der Waals surface area (Å²) in [5, 5.41) is 0.984. The quantitative estimate of drug-likeness (QED) is 0.801. The lowest BCUT2D eigenvalue weighted by Gasteiger charge is -2.12. The third-order valence-corrected chi connectivity index (χ3v) is 4.22. The van der Waals surface area contributed by atoms with Gasteiger partial charge in [-0.3, -0.25) is 4.57 Å².